The van der Waals surface area contributed by atoms with Crippen LogP contribution in [0.4, 0.5) is 5.69 Å². The first-order chi connectivity index (χ1) is 9.71. The van der Waals surface area contributed by atoms with Gasteiger partial charge in [0.2, 0.25) is 0 Å². The zero-order valence-corrected chi connectivity index (χ0v) is 13.0. The van der Waals surface area contributed by atoms with E-state index in [2.05, 4.69) is 57.6 Å². The van der Waals surface area contributed by atoms with E-state index in [1.54, 1.807) is 0 Å². The van der Waals surface area contributed by atoms with Crippen LogP contribution >= 0.6 is 15.9 Å². The third kappa shape index (κ3) is 2.74. The first kappa shape index (κ1) is 13.7. The first-order valence-electron chi connectivity index (χ1n) is 7.01. The molecule has 0 fully saturated rings. The van der Waals surface area contributed by atoms with Crippen molar-refractivity contribution in [1.82, 2.24) is 0 Å². The Labute approximate surface area is 128 Å². The van der Waals surface area contributed by atoms with E-state index >= 15 is 0 Å². The lowest BCUT2D eigenvalue weighted by Gasteiger charge is -2.39. The highest BCUT2D eigenvalue weighted by Crippen LogP contribution is 2.31. The van der Waals surface area contributed by atoms with E-state index in [-0.39, 0.29) is 5.54 Å². The Balaban J connectivity index is 1.86. The van der Waals surface area contributed by atoms with Crippen LogP contribution in [0.3, 0.4) is 0 Å². The predicted molar refractivity (Wildman–Crippen MR) is 88.0 cm³/mol. The summed E-state index contributed by atoms with van der Waals surface area (Å²) >= 11 is 3.52. The largest absolute Gasteiger partial charge is 0.378 e. The summed E-state index contributed by atoms with van der Waals surface area (Å²) in [6, 6.07) is 17.0. The Morgan fingerprint density at radius 2 is 1.90 bits per heavy atom. The van der Waals surface area contributed by atoms with Gasteiger partial charge in [0, 0.05) is 16.7 Å². The summed E-state index contributed by atoms with van der Waals surface area (Å²) in [7, 11) is 0. The molecule has 20 heavy (non-hydrogen) atoms. The van der Waals surface area contributed by atoms with Crippen LogP contribution in [0.25, 0.3) is 0 Å². The SMILES string of the molecule is NCC1(Nc2cccc(Br)c2)CCc2ccccc2C1. The summed E-state index contributed by atoms with van der Waals surface area (Å²) in [6.45, 7) is 0.647. The number of halogens is 1. The summed E-state index contributed by atoms with van der Waals surface area (Å²) in [5.74, 6) is 0. The van der Waals surface area contributed by atoms with Crippen molar-refractivity contribution in [3.8, 4) is 0 Å². The van der Waals surface area contributed by atoms with Crippen molar-refractivity contribution in [2.75, 3.05) is 11.9 Å². The van der Waals surface area contributed by atoms with Crippen LogP contribution in [-0.2, 0) is 12.8 Å². The number of hydrogen-bond acceptors (Lipinski definition) is 2. The van der Waals surface area contributed by atoms with Crippen LogP contribution in [0.15, 0.2) is 53.0 Å². The molecule has 3 heteroatoms. The Morgan fingerprint density at radius 3 is 2.65 bits per heavy atom. The van der Waals surface area contributed by atoms with E-state index in [1.165, 1.54) is 11.1 Å². The maximum atomic E-state index is 6.11. The molecule has 2 nitrogen and oxygen atoms in total. The van der Waals surface area contributed by atoms with E-state index in [0.717, 1.165) is 29.4 Å². The van der Waals surface area contributed by atoms with Gasteiger partial charge in [-0.15, -0.1) is 0 Å². The molecule has 1 aliphatic rings. The van der Waals surface area contributed by atoms with Crippen molar-refractivity contribution in [3.05, 3.63) is 64.1 Å². The molecule has 0 saturated carbocycles. The minimum atomic E-state index is -0.0326. The quantitative estimate of drug-likeness (QED) is 0.899. The molecule has 1 unspecified atom stereocenters. The van der Waals surface area contributed by atoms with Crippen molar-refractivity contribution in [2.45, 2.75) is 24.8 Å². The van der Waals surface area contributed by atoms with Crippen LogP contribution in [-0.4, -0.2) is 12.1 Å². The summed E-state index contributed by atoms with van der Waals surface area (Å²) in [6.07, 6.45) is 3.16. The third-order valence-corrected chi connectivity index (χ3v) is 4.64. The molecule has 0 radical (unpaired) electrons. The van der Waals surface area contributed by atoms with Gasteiger partial charge in [0.05, 0.1) is 5.54 Å². The highest BCUT2D eigenvalue weighted by Gasteiger charge is 2.32. The van der Waals surface area contributed by atoms with Crippen molar-refractivity contribution in [1.29, 1.82) is 0 Å². The molecular formula is C17H19BrN2. The van der Waals surface area contributed by atoms with Gasteiger partial charge in [-0.3, -0.25) is 0 Å². The zero-order chi connectivity index (χ0) is 14.0. The van der Waals surface area contributed by atoms with E-state index < -0.39 is 0 Å². The lowest BCUT2D eigenvalue weighted by Crippen LogP contribution is -2.49. The van der Waals surface area contributed by atoms with Gasteiger partial charge in [-0.25, -0.2) is 0 Å². The number of rotatable bonds is 3. The molecule has 2 aromatic rings. The number of anilines is 1. The number of nitrogens with two attached hydrogens (primary N) is 1. The fraction of sp³-hybridized carbons (Fsp3) is 0.294. The van der Waals surface area contributed by atoms with E-state index in [1.807, 2.05) is 12.1 Å². The lowest BCUT2D eigenvalue weighted by molar-refractivity contribution is 0.417. The molecule has 3 N–H and O–H groups in total. The number of hydrogen-bond donors (Lipinski definition) is 2. The van der Waals surface area contributed by atoms with Crippen molar-refractivity contribution < 1.29 is 0 Å². The van der Waals surface area contributed by atoms with Crippen LogP contribution in [0.2, 0.25) is 0 Å². The fourth-order valence-corrected chi connectivity index (χ4v) is 3.40. The standard InChI is InChI=1S/C17H19BrN2/c18-15-6-3-7-16(10-15)20-17(12-19)9-8-13-4-1-2-5-14(13)11-17/h1-7,10,20H,8-9,11-12,19H2. The monoisotopic (exact) mass is 330 g/mol. The molecular weight excluding hydrogens is 312 g/mol. The molecule has 1 atom stereocenters. The molecule has 0 heterocycles. The van der Waals surface area contributed by atoms with Gasteiger partial charge in [0.1, 0.15) is 0 Å². The molecule has 0 amide bonds. The van der Waals surface area contributed by atoms with Crippen LogP contribution in [0, 0.1) is 0 Å². The molecule has 0 aromatic heterocycles. The molecule has 0 spiro atoms. The molecule has 0 saturated heterocycles. The van der Waals surface area contributed by atoms with E-state index in [9.17, 15) is 0 Å². The van der Waals surface area contributed by atoms with Gasteiger partial charge in [-0.2, -0.15) is 0 Å². The number of nitrogens with one attached hydrogen (secondary N) is 1. The summed E-state index contributed by atoms with van der Waals surface area (Å²) in [4.78, 5) is 0. The van der Waals surface area contributed by atoms with Gasteiger partial charge in [-0.05, 0) is 48.6 Å². The van der Waals surface area contributed by atoms with Gasteiger partial charge < -0.3 is 11.1 Å². The second-order valence-corrected chi connectivity index (χ2v) is 6.48. The number of aryl methyl sites for hydroxylation is 1. The average molecular weight is 331 g/mol. The van der Waals surface area contributed by atoms with Crippen molar-refractivity contribution >= 4 is 21.6 Å². The van der Waals surface area contributed by atoms with E-state index in [4.69, 9.17) is 5.73 Å². The number of benzene rings is 2. The van der Waals surface area contributed by atoms with Gasteiger partial charge in [-0.1, -0.05) is 46.3 Å². The topological polar surface area (TPSA) is 38.0 Å². The highest BCUT2D eigenvalue weighted by molar-refractivity contribution is 9.10. The van der Waals surface area contributed by atoms with Crippen LogP contribution < -0.4 is 11.1 Å². The summed E-state index contributed by atoms with van der Waals surface area (Å²) in [5, 5.41) is 3.67. The Bertz CT molecular complexity index is 611. The van der Waals surface area contributed by atoms with Crippen molar-refractivity contribution in [2.24, 2.45) is 5.73 Å². The summed E-state index contributed by atoms with van der Waals surface area (Å²) in [5.41, 5.74) is 10.1. The Morgan fingerprint density at radius 1 is 1.10 bits per heavy atom. The van der Waals surface area contributed by atoms with Crippen molar-refractivity contribution in [3.63, 3.8) is 0 Å². The molecule has 0 bridgehead atoms. The lowest BCUT2D eigenvalue weighted by atomic mass is 9.78. The Kier molecular flexibility index (Phi) is 3.81. The summed E-state index contributed by atoms with van der Waals surface area (Å²) < 4.78 is 1.09. The second-order valence-electron chi connectivity index (χ2n) is 5.57. The van der Waals surface area contributed by atoms with Gasteiger partial charge in [0.25, 0.3) is 0 Å². The first-order valence-corrected chi connectivity index (χ1v) is 7.81. The molecule has 0 aliphatic heterocycles. The minimum Gasteiger partial charge on any atom is -0.378 e. The highest BCUT2D eigenvalue weighted by atomic mass is 79.9. The minimum absolute atomic E-state index is 0.0326. The van der Waals surface area contributed by atoms with Gasteiger partial charge in [0.15, 0.2) is 0 Å². The molecule has 3 rings (SSSR count). The average Bonchev–Trinajstić information content (AvgIpc) is 2.47. The predicted octanol–water partition coefficient (Wildman–Crippen LogP) is 3.75. The molecule has 2 aromatic carbocycles. The Hall–Kier alpha value is -1.32. The maximum absolute atomic E-state index is 6.11. The molecule has 1 aliphatic carbocycles. The normalized spacial score (nSPS) is 21.3. The van der Waals surface area contributed by atoms with E-state index in [0.29, 0.717) is 6.54 Å². The number of fused-ring (bicyclic) bond motifs is 1. The van der Waals surface area contributed by atoms with Gasteiger partial charge >= 0.3 is 0 Å². The fourth-order valence-electron chi connectivity index (χ4n) is 3.01. The molecule has 104 valence electrons. The smallest absolute Gasteiger partial charge is 0.0539 e. The van der Waals surface area contributed by atoms with Crippen LogP contribution in [0.1, 0.15) is 17.5 Å². The zero-order valence-electron chi connectivity index (χ0n) is 11.4. The maximum Gasteiger partial charge on any atom is 0.0539 e. The third-order valence-electron chi connectivity index (χ3n) is 4.14. The second kappa shape index (κ2) is 5.58. The van der Waals surface area contributed by atoms with Crippen LogP contribution in [0.5, 0.6) is 0 Å².